The first-order valence-electron chi connectivity index (χ1n) is 6.15. The summed E-state index contributed by atoms with van der Waals surface area (Å²) in [7, 11) is 0. The third-order valence-corrected chi connectivity index (χ3v) is 2.51. The molecule has 0 radical (unpaired) electrons. The molecule has 6 heteroatoms. The summed E-state index contributed by atoms with van der Waals surface area (Å²) in [5.74, 6) is -0.859. The number of amides is 1. The average Bonchev–Trinajstić information content (AvgIpc) is 2.25. The SMILES string of the molecule is Cc1cc(C(=O)N[C@H](CC(C)C)C(=O)O)nc(C)n1. The Balaban J connectivity index is 2.84. The number of nitrogens with zero attached hydrogens (tertiary/aromatic N) is 2. The summed E-state index contributed by atoms with van der Waals surface area (Å²) in [6, 6.07) is 0.638. The van der Waals surface area contributed by atoms with Crippen LogP contribution in [0.5, 0.6) is 0 Å². The molecule has 1 amide bonds. The topological polar surface area (TPSA) is 92.2 Å². The Morgan fingerprint density at radius 1 is 1.32 bits per heavy atom. The van der Waals surface area contributed by atoms with Gasteiger partial charge in [0, 0.05) is 5.69 Å². The molecule has 6 nitrogen and oxygen atoms in total. The molecule has 0 saturated heterocycles. The summed E-state index contributed by atoms with van der Waals surface area (Å²) in [6.07, 6.45) is 0.379. The van der Waals surface area contributed by atoms with E-state index in [0.29, 0.717) is 17.9 Å². The van der Waals surface area contributed by atoms with E-state index in [9.17, 15) is 9.59 Å². The van der Waals surface area contributed by atoms with E-state index >= 15 is 0 Å². The van der Waals surface area contributed by atoms with E-state index in [4.69, 9.17) is 5.11 Å². The fourth-order valence-electron chi connectivity index (χ4n) is 1.76. The predicted octanol–water partition coefficient (Wildman–Crippen LogP) is 1.32. The second kappa shape index (κ2) is 6.26. The molecule has 0 saturated carbocycles. The first-order valence-corrected chi connectivity index (χ1v) is 6.15. The highest BCUT2D eigenvalue weighted by Gasteiger charge is 2.22. The number of carboxylic acid groups (broad SMARTS) is 1. The van der Waals surface area contributed by atoms with Gasteiger partial charge in [0.05, 0.1) is 0 Å². The molecule has 0 spiro atoms. The van der Waals surface area contributed by atoms with Crippen molar-refractivity contribution >= 4 is 11.9 Å². The van der Waals surface area contributed by atoms with Gasteiger partial charge in [-0.25, -0.2) is 14.8 Å². The standard InChI is InChI=1S/C13H19N3O3/c1-7(2)5-11(13(18)19)16-12(17)10-6-8(3)14-9(4)15-10/h6-7,11H,5H2,1-4H3,(H,16,17)(H,18,19)/t11-/m1/s1. The number of carboxylic acids is 1. The molecule has 0 aliphatic rings. The lowest BCUT2D eigenvalue weighted by atomic mass is 10.0. The summed E-state index contributed by atoms with van der Waals surface area (Å²) >= 11 is 0. The molecule has 0 aliphatic carbocycles. The molecule has 1 heterocycles. The molecule has 0 aromatic carbocycles. The van der Waals surface area contributed by atoms with Crippen LogP contribution in [0.3, 0.4) is 0 Å². The van der Waals surface area contributed by atoms with Gasteiger partial charge in [-0.2, -0.15) is 0 Å². The zero-order valence-corrected chi connectivity index (χ0v) is 11.6. The van der Waals surface area contributed by atoms with Gasteiger partial charge in [-0.3, -0.25) is 4.79 Å². The number of aromatic nitrogens is 2. The summed E-state index contributed by atoms with van der Waals surface area (Å²) in [4.78, 5) is 31.2. The molecule has 0 aliphatic heterocycles. The van der Waals surface area contributed by atoms with Crippen molar-refractivity contribution in [3.05, 3.63) is 23.3 Å². The van der Waals surface area contributed by atoms with Crippen LogP contribution in [-0.4, -0.2) is 33.0 Å². The Morgan fingerprint density at radius 3 is 2.42 bits per heavy atom. The van der Waals surface area contributed by atoms with E-state index in [0.717, 1.165) is 0 Å². The second-order valence-electron chi connectivity index (χ2n) is 4.94. The molecule has 0 unspecified atom stereocenters. The molecule has 19 heavy (non-hydrogen) atoms. The van der Waals surface area contributed by atoms with Crippen molar-refractivity contribution in [2.75, 3.05) is 0 Å². The Hall–Kier alpha value is -1.98. The molecule has 0 fully saturated rings. The number of carbonyl (C=O) groups excluding carboxylic acids is 1. The number of hydrogen-bond donors (Lipinski definition) is 2. The lowest BCUT2D eigenvalue weighted by molar-refractivity contribution is -0.139. The van der Waals surface area contributed by atoms with E-state index in [2.05, 4.69) is 15.3 Å². The van der Waals surface area contributed by atoms with Crippen LogP contribution in [0.15, 0.2) is 6.07 Å². The third-order valence-electron chi connectivity index (χ3n) is 2.51. The van der Waals surface area contributed by atoms with Gasteiger partial charge >= 0.3 is 5.97 Å². The van der Waals surface area contributed by atoms with Crippen molar-refractivity contribution in [2.24, 2.45) is 5.92 Å². The molecule has 2 N–H and O–H groups in total. The molecule has 1 aromatic heterocycles. The van der Waals surface area contributed by atoms with Crippen molar-refractivity contribution in [1.29, 1.82) is 0 Å². The van der Waals surface area contributed by atoms with Crippen molar-refractivity contribution in [3.8, 4) is 0 Å². The maximum Gasteiger partial charge on any atom is 0.326 e. The average molecular weight is 265 g/mol. The molecule has 104 valence electrons. The number of carbonyl (C=O) groups is 2. The third kappa shape index (κ3) is 4.65. The fourth-order valence-corrected chi connectivity index (χ4v) is 1.76. The lowest BCUT2D eigenvalue weighted by Crippen LogP contribution is -2.42. The predicted molar refractivity (Wildman–Crippen MR) is 69.9 cm³/mol. The minimum Gasteiger partial charge on any atom is -0.480 e. The normalized spacial score (nSPS) is 12.3. The number of aryl methyl sites for hydroxylation is 2. The maximum absolute atomic E-state index is 12.0. The number of nitrogens with one attached hydrogen (secondary N) is 1. The van der Waals surface area contributed by atoms with E-state index in [1.54, 1.807) is 13.8 Å². The van der Waals surface area contributed by atoms with E-state index in [1.165, 1.54) is 6.07 Å². The van der Waals surface area contributed by atoms with Crippen LogP contribution in [-0.2, 0) is 4.79 Å². The van der Waals surface area contributed by atoms with E-state index in [1.807, 2.05) is 13.8 Å². The minimum absolute atomic E-state index is 0.176. The van der Waals surface area contributed by atoms with Gasteiger partial charge in [-0.15, -0.1) is 0 Å². The molecular weight excluding hydrogens is 246 g/mol. The van der Waals surface area contributed by atoms with Crippen LogP contribution in [0.4, 0.5) is 0 Å². The highest BCUT2D eigenvalue weighted by Crippen LogP contribution is 2.07. The van der Waals surface area contributed by atoms with Gasteiger partial charge in [-0.05, 0) is 32.3 Å². The van der Waals surface area contributed by atoms with E-state index < -0.39 is 17.9 Å². The summed E-state index contributed by atoms with van der Waals surface area (Å²) in [6.45, 7) is 7.25. The van der Waals surface area contributed by atoms with Crippen LogP contribution in [0.2, 0.25) is 0 Å². The number of hydrogen-bond acceptors (Lipinski definition) is 4. The molecule has 1 rings (SSSR count). The quantitative estimate of drug-likeness (QED) is 0.837. The van der Waals surface area contributed by atoms with Crippen LogP contribution in [0, 0.1) is 19.8 Å². The van der Waals surface area contributed by atoms with Crippen molar-refractivity contribution in [2.45, 2.75) is 40.2 Å². The van der Waals surface area contributed by atoms with Crippen molar-refractivity contribution in [3.63, 3.8) is 0 Å². The Morgan fingerprint density at radius 2 is 1.95 bits per heavy atom. The summed E-state index contributed by atoms with van der Waals surface area (Å²) in [5.41, 5.74) is 0.869. The Kier molecular flexibility index (Phi) is 4.97. The lowest BCUT2D eigenvalue weighted by Gasteiger charge is -2.16. The van der Waals surface area contributed by atoms with Gasteiger partial charge in [0.15, 0.2) is 0 Å². The Bertz CT molecular complexity index is 466. The van der Waals surface area contributed by atoms with Gasteiger partial charge in [0.1, 0.15) is 17.6 Å². The molecule has 0 bridgehead atoms. The maximum atomic E-state index is 12.0. The molecular formula is C13H19N3O3. The molecule has 1 aromatic rings. The van der Waals surface area contributed by atoms with Gasteiger partial charge in [0.2, 0.25) is 0 Å². The molecule has 1 atom stereocenters. The second-order valence-corrected chi connectivity index (χ2v) is 4.94. The largest absolute Gasteiger partial charge is 0.480 e. The minimum atomic E-state index is -1.04. The van der Waals surface area contributed by atoms with Crippen LogP contribution >= 0.6 is 0 Å². The summed E-state index contributed by atoms with van der Waals surface area (Å²) in [5, 5.41) is 11.6. The van der Waals surface area contributed by atoms with Gasteiger partial charge in [-0.1, -0.05) is 13.8 Å². The highest BCUT2D eigenvalue weighted by molar-refractivity contribution is 5.95. The van der Waals surface area contributed by atoms with Crippen LogP contribution in [0.25, 0.3) is 0 Å². The van der Waals surface area contributed by atoms with Crippen molar-refractivity contribution in [1.82, 2.24) is 15.3 Å². The van der Waals surface area contributed by atoms with Gasteiger partial charge < -0.3 is 10.4 Å². The number of rotatable bonds is 5. The smallest absolute Gasteiger partial charge is 0.326 e. The first kappa shape index (κ1) is 15.1. The van der Waals surface area contributed by atoms with Gasteiger partial charge in [0.25, 0.3) is 5.91 Å². The first-order chi connectivity index (χ1) is 8.79. The monoisotopic (exact) mass is 265 g/mol. The van der Waals surface area contributed by atoms with Crippen molar-refractivity contribution < 1.29 is 14.7 Å². The van der Waals surface area contributed by atoms with E-state index in [-0.39, 0.29) is 11.6 Å². The summed E-state index contributed by atoms with van der Waals surface area (Å²) < 4.78 is 0. The zero-order valence-electron chi connectivity index (χ0n) is 11.6. The van der Waals surface area contributed by atoms with Crippen LogP contribution in [0.1, 0.15) is 42.3 Å². The van der Waals surface area contributed by atoms with Crippen LogP contribution < -0.4 is 5.32 Å². The highest BCUT2D eigenvalue weighted by atomic mass is 16.4. The fraction of sp³-hybridized carbons (Fsp3) is 0.538. The Labute approximate surface area is 112 Å². The zero-order chi connectivity index (χ0) is 14.6. The number of aliphatic carboxylic acids is 1.